The van der Waals surface area contributed by atoms with Crippen LogP contribution >= 0.6 is 0 Å². The monoisotopic (exact) mass is 409 g/mol. The van der Waals surface area contributed by atoms with Crippen LogP contribution in [0.5, 0.6) is 0 Å². The van der Waals surface area contributed by atoms with Gasteiger partial charge in [0.1, 0.15) is 11.6 Å². The number of nitriles is 1. The lowest BCUT2D eigenvalue weighted by Crippen LogP contribution is -2.40. The number of carbonyl (C=O) groups excluding carboxylic acids is 2. The van der Waals surface area contributed by atoms with Crippen LogP contribution < -0.4 is 5.32 Å². The Labute approximate surface area is 170 Å². The second-order valence-corrected chi connectivity index (χ2v) is 7.09. The van der Waals surface area contributed by atoms with E-state index < -0.39 is 23.4 Å². The van der Waals surface area contributed by atoms with Gasteiger partial charge in [-0.05, 0) is 37.1 Å². The Morgan fingerprint density at radius 2 is 2.03 bits per heavy atom. The second-order valence-electron chi connectivity index (χ2n) is 7.09. The standard InChI is InChI=1S/C21H17F2N5O2/c22-16-10-17(23)18(9-15(16)21(30)27-6-3-4-13(11-24)12-27)25-20(29)19-8-14-5-1-2-7-28(14)26-19/h1-2,5,7-10,13H,3-4,6,12H2,(H,25,29). The number of hydrogen-bond acceptors (Lipinski definition) is 4. The Bertz CT molecular complexity index is 1150. The van der Waals surface area contributed by atoms with Crippen molar-refractivity contribution < 1.29 is 18.4 Å². The van der Waals surface area contributed by atoms with Gasteiger partial charge >= 0.3 is 0 Å². The molecule has 0 saturated carbocycles. The molecule has 1 aliphatic rings. The summed E-state index contributed by atoms with van der Waals surface area (Å²) in [6.07, 6.45) is 2.96. The predicted octanol–water partition coefficient (Wildman–Crippen LogP) is 3.24. The molecule has 0 bridgehead atoms. The van der Waals surface area contributed by atoms with E-state index in [1.165, 1.54) is 15.5 Å². The summed E-state index contributed by atoms with van der Waals surface area (Å²) >= 11 is 0. The van der Waals surface area contributed by atoms with E-state index in [0.717, 1.165) is 6.07 Å². The fraction of sp³-hybridized carbons (Fsp3) is 0.238. The lowest BCUT2D eigenvalue weighted by Gasteiger charge is -2.29. The van der Waals surface area contributed by atoms with Gasteiger partial charge in [0.05, 0.1) is 28.8 Å². The molecular weight excluding hydrogens is 392 g/mol. The van der Waals surface area contributed by atoms with E-state index in [9.17, 15) is 18.4 Å². The van der Waals surface area contributed by atoms with Gasteiger partial charge in [0, 0.05) is 25.4 Å². The van der Waals surface area contributed by atoms with Crippen molar-refractivity contribution >= 4 is 23.0 Å². The van der Waals surface area contributed by atoms with Crippen LogP contribution in [0.1, 0.15) is 33.7 Å². The third-order valence-electron chi connectivity index (χ3n) is 5.03. The lowest BCUT2D eigenvalue weighted by molar-refractivity contribution is 0.0693. The van der Waals surface area contributed by atoms with Crippen molar-refractivity contribution in [2.45, 2.75) is 12.8 Å². The molecule has 0 aliphatic carbocycles. The molecule has 3 heterocycles. The molecule has 152 valence electrons. The van der Waals surface area contributed by atoms with Gasteiger partial charge in [0.2, 0.25) is 0 Å². The fourth-order valence-electron chi connectivity index (χ4n) is 3.48. The highest BCUT2D eigenvalue weighted by Gasteiger charge is 2.27. The van der Waals surface area contributed by atoms with Gasteiger partial charge in [-0.15, -0.1) is 0 Å². The van der Waals surface area contributed by atoms with Crippen molar-refractivity contribution in [1.82, 2.24) is 14.5 Å². The lowest BCUT2D eigenvalue weighted by atomic mass is 9.99. The summed E-state index contributed by atoms with van der Waals surface area (Å²) < 4.78 is 30.1. The highest BCUT2D eigenvalue weighted by molar-refractivity contribution is 6.04. The molecule has 1 unspecified atom stereocenters. The Kier molecular flexibility index (Phi) is 5.14. The van der Waals surface area contributed by atoms with Crippen LogP contribution in [0, 0.1) is 28.9 Å². The number of halogens is 2. The van der Waals surface area contributed by atoms with Gasteiger partial charge in [-0.25, -0.2) is 13.3 Å². The topological polar surface area (TPSA) is 90.5 Å². The first kappa shape index (κ1) is 19.5. The van der Waals surface area contributed by atoms with Crippen molar-refractivity contribution in [1.29, 1.82) is 5.26 Å². The van der Waals surface area contributed by atoms with Crippen LogP contribution in [-0.2, 0) is 0 Å². The number of hydrogen-bond donors (Lipinski definition) is 1. The van der Waals surface area contributed by atoms with Crippen LogP contribution in [0.25, 0.3) is 5.52 Å². The van der Waals surface area contributed by atoms with Gasteiger partial charge in [-0.3, -0.25) is 9.59 Å². The molecule has 2 amide bonds. The van der Waals surface area contributed by atoms with E-state index >= 15 is 0 Å². The summed E-state index contributed by atoms with van der Waals surface area (Å²) in [6.45, 7) is 0.575. The molecule has 1 fully saturated rings. The maximum atomic E-state index is 14.3. The van der Waals surface area contributed by atoms with Crippen LogP contribution in [0.4, 0.5) is 14.5 Å². The zero-order valence-electron chi connectivity index (χ0n) is 15.8. The molecule has 4 rings (SSSR count). The molecule has 7 nitrogen and oxygen atoms in total. The molecule has 1 saturated heterocycles. The van der Waals surface area contributed by atoms with Crippen molar-refractivity contribution in [3.8, 4) is 6.07 Å². The molecule has 0 spiro atoms. The van der Waals surface area contributed by atoms with E-state index in [4.69, 9.17) is 5.26 Å². The SMILES string of the molecule is N#CC1CCCN(C(=O)c2cc(NC(=O)c3cc4ccccn4n3)c(F)cc2F)C1. The number of pyridine rings is 1. The first-order valence-corrected chi connectivity index (χ1v) is 9.40. The number of amides is 2. The minimum atomic E-state index is -1.03. The van der Waals surface area contributed by atoms with Gasteiger partial charge in [0.25, 0.3) is 11.8 Å². The van der Waals surface area contributed by atoms with Gasteiger partial charge in [0.15, 0.2) is 5.69 Å². The number of aromatic nitrogens is 2. The van der Waals surface area contributed by atoms with Crippen LogP contribution in [0.15, 0.2) is 42.6 Å². The number of fused-ring (bicyclic) bond motifs is 1. The highest BCUT2D eigenvalue weighted by Crippen LogP contribution is 2.24. The zero-order valence-corrected chi connectivity index (χ0v) is 15.8. The van der Waals surface area contributed by atoms with Crippen LogP contribution in [0.2, 0.25) is 0 Å². The van der Waals surface area contributed by atoms with E-state index in [1.807, 2.05) is 0 Å². The average Bonchev–Trinajstić information content (AvgIpc) is 3.19. The van der Waals surface area contributed by atoms with Crippen LogP contribution in [0.3, 0.4) is 0 Å². The molecule has 1 aromatic carbocycles. The number of carbonyl (C=O) groups is 2. The number of anilines is 1. The van der Waals surface area contributed by atoms with Gasteiger partial charge in [-0.1, -0.05) is 6.07 Å². The minimum Gasteiger partial charge on any atom is -0.337 e. The van der Waals surface area contributed by atoms with E-state index in [1.54, 1.807) is 24.4 Å². The van der Waals surface area contributed by atoms with Crippen LogP contribution in [-0.4, -0.2) is 39.4 Å². The molecule has 2 aromatic heterocycles. The molecule has 0 radical (unpaired) electrons. The summed E-state index contributed by atoms with van der Waals surface area (Å²) in [4.78, 5) is 26.6. The number of nitrogens with one attached hydrogen (secondary N) is 1. The molecule has 3 aromatic rings. The fourth-order valence-corrected chi connectivity index (χ4v) is 3.48. The van der Waals surface area contributed by atoms with Crippen molar-refractivity contribution in [2.75, 3.05) is 18.4 Å². The molecular formula is C21H17F2N5O2. The molecule has 1 N–H and O–H groups in total. The normalized spacial score (nSPS) is 16.3. The zero-order chi connectivity index (χ0) is 21.3. The average molecular weight is 409 g/mol. The number of nitrogens with zero attached hydrogens (tertiary/aromatic N) is 4. The van der Waals surface area contributed by atoms with Crippen molar-refractivity contribution in [3.05, 3.63) is 65.5 Å². The Hall–Kier alpha value is -3.80. The van der Waals surface area contributed by atoms with E-state index in [-0.39, 0.29) is 29.4 Å². The van der Waals surface area contributed by atoms with Gasteiger partial charge < -0.3 is 10.2 Å². The third kappa shape index (κ3) is 3.72. The Morgan fingerprint density at radius 1 is 1.20 bits per heavy atom. The summed E-state index contributed by atoms with van der Waals surface area (Å²) in [5.41, 5.74) is 0.0388. The number of benzene rings is 1. The third-order valence-corrected chi connectivity index (χ3v) is 5.03. The summed E-state index contributed by atoms with van der Waals surface area (Å²) in [5, 5.41) is 15.5. The van der Waals surface area contributed by atoms with Crippen molar-refractivity contribution in [3.63, 3.8) is 0 Å². The highest BCUT2D eigenvalue weighted by atomic mass is 19.1. The number of rotatable bonds is 3. The Balaban J connectivity index is 1.59. The van der Waals surface area contributed by atoms with E-state index in [2.05, 4.69) is 16.5 Å². The first-order chi connectivity index (χ1) is 14.5. The largest absolute Gasteiger partial charge is 0.337 e. The summed E-state index contributed by atoms with van der Waals surface area (Å²) in [6, 6.07) is 10.5. The van der Waals surface area contributed by atoms with Gasteiger partial charge in [-0.2, -0.15) is 10.4 Å². The molecule has 9 heteroatoms. The summed E-state index contributed by atoms with van der Waals surface area (Å²) in [5.74, 6) is -3.68. The first-order valence-electron chi connectivity index (χ1n) is 9.40. The van der Waals surface area contributed by atoms with Crippen molar-refractivity contribution in [2.24, 2.45) is 5.92 Å². The predicted molar refractivity (Wildman–Crippen MR) is 104 cm³/mol. The van der Waals surface area contributed by atoms with E-state index in [0.29, 0.717) is 31.0 Å². The smallest absolute Gasteiger partial charge is 0.276 e. The second kappa shape index (κ2) is 7.91. The minimum absolute atomic E-state index is 0.0469. The number of piperidine rings is 1. The summed E-state index contributed by atoms with van der Waals surface area (Å²) in [7, 11) is 0. The Morgan fingerprint density at radius 3 is 2.80 bits per heavy atom. The quantitative estimate of drug-likeness (QED) is 0.719. The number of likely N-dealkylation sites (tertiary alicyclic amines) is 1. The molecule has 30 heavy (non-hydrogen) atoms. The molecule has 1 aliphatic heterocycles. The molecule has 1 atom stereocenters. The maximum Gasteiger partial charge on any atom is 0.276 e. The maximum absolute atomic E-state index is 14.3.